The molecule has 1 N–H and O–H groups in total. The molecule has 0 atom stereocenters. The number of hydrazone groups is 1. The highest BCUT2D eigenvalue weighted by atomic mass is 32.2. The molecule has 0 bridgehead atoms. The van der Waals surface area contributed by atoms with E-state index in [0.29, 0.717) is 11.3 Å². The van der Waals surface area contributed by atoms with Crippen LogP contribution in [0.3, 0.4) is 0 Å². The molecular weight excluding hydrogens is 463 g/mol. The molecule has 0 radical (unpaired) electrons. The van der Waals surface area contributed by atoms with E-state index >= 15 is 0 Å². The number of hydrogen-bond acceptors (Lipinski definition) is 4. The van der Waals surface area contributed by atoms with Crippen LogP contribution in [0, 0.1) is 12.7 Å². The summed E-state index contributed by atoms with van der Waals surface area (Å²) in [5, 5.41) is 9.60. The summed E-state index contributed by atoms with van der Waals surface area (Å²) >= 11 is 0. The van der Waals surface area contributed by atoms with Gasteiger partial charge in [-0.1, -0.05) is 54.1 Å². The van der Waals surface area contributed by atoms with E-state index in [1.165, 1.54) is 12.1 Å². The second-order valence-corrected chi connectivity index (χ2v) is 9.70. The van der Waals surface area contributed by atoms with Crippen LogP contribution in [0.25, 0.3) is 16.6 Å². The highest BCUT2D eigenvalue weighted by Gasteiger charge is 2.16. The number of sulfonamides is 1. The minimum absolute atomic E-state index is 0.135. The van der Waals surface area contributed by atoms with Gasteiger partial charge in [-0.2, -0.15) is 23.4 Å². The number of hydrogen-bond donors (Lipinski definition) is 1. The molecule has 174 valence electrons. The van der Waals surface area contributed by atoms with Crippen molar-refractivity contribution in [3.63, 3.8) is 0 Å². The molecule has 5 rings (SSSR count). The van der Waals surface area contributed by atoms with Gasteiger partial charge in [-0.15, -0.1) is 0 Å². The molecule has 0 unspecified atom stereocenters. The van der Waals surface area contributed by atoms with Crippen LogP contribution < -0.4 is 4.83 Å². The van der Waals surface area contributed by atoms with Crippen molar-refractivity contribution in [3.05, 3.63) is 126 Å². The summed E-state index contributed by atoms with van der Waals surface area (Å²) in [4.78, 5) is 2.51. The van der Waals surface area contributed by atoms with E-state index in [9.17, 15) is 12.8 Å². The highest BCUT2D eigenvalue weighted by molar-refractivity contribution is 7.89. The first-order valence-corrected chi connectivity index (χ1v) is 12.3. The van der Waals surface area contributed by atoms with Gasteiger partial charge in [0.1, 0.15) is 5.82 Å². The van der Waals surface area contributed by atoms with E-state index in [1.807, 2.05) is 55.5 Å². The number of aromatic nitrogens is 2. The Morgan fingerprint density at radius 3 is 2.31 bits per heavy atom. The van der Waals surface area contributed by atoms with Gasteiger partial charge in [0.05, 0.1) is 28.0 Å². The Morgan fingerprint density at radius 2 is 1.60 bits per heavy atom. The minimum atomic E-state index is -3.85. The Morgan fingerprint density at radius 1 is 0.886 bits per heavy atom. The van der Waals surface area contributed by atoms with Gasteiger partial charge >= 0.3 is 0 Å². The molecule has 0 amide bonds. The van der Waals surface area contributed by atoms with Crippen LogP contribution in [-0.2, 0) is 10.0 Å². The molecule has 0 spiro atoms. The summed E-state index contributed by atoms with van der Waals surface area (Å²) < 4.78 is 40.8. The number of nitrogens with zero attached hydrogens (tertiary/aromatic N) is 3. The lowest BCUT2D eigenvalue weighted by Gasteiger charge is -2.10. The molecule has 4 aromatic carbocycles. The maximum absolute atomic E-state index is 13.3. The van der Waals surface area contributed by atoms with Crippen LogP contribution in [0.1, 0.15) is 16.7 Å². The van der Waals surface area contributed by atoms with Crippen molar-refractivity contribution in [2.75, 3.05) is 0 Å². The number of halogens is 1. The van der Waals surface area contributed by atoms with Crippen LogP contribution in [0.15, 0.2) is 113 Å². The standard InChI is InChI=1S/C27H21FN4O2S/c1-19-7-14-25(15-8-19)35(33,34)31-30-27(20-5-3-2-4-6-20)21-9-16-26-22(17-21)18-29-32(26)24-12-10-23(28)11-13-24/h2-18,31H,1H3. The molecule has 6 nitrogen and oxygen atoms in total. The fourth-order valence-electron chi connectivity index (χ4n) is 3.74. The van der Waals surface area contributed by atoms with E-state index in [4.69, 9.17) is 0 Å². The Balaban J connectivity index is 1.55. The largest absolute Gasteiger partial charge is 0.276 e. The first-order chi connectivity index (χ1) is 16.9. The molecule has 35 heavy (non-hydrogen) atoms. The van der Waals surface area contributed by atoms with Gasteiger partial charge in [0.2, 0.25) is 0 Å². The number of aryl methyl sites for hydroxylation is 1. The minimum Gasteiger partial charge on any atom is -0.233 e. The van der Waals surface area contributed by atoms with Crippen LogP contribution >= 0.6 is 0 Å². The third kappa shape index (κ3) is 4.69. The molecule has 0 aliphatic heterocycles. The van der Waals surface area contributed by atoms with Gasteiger partial charge in [0, 0.05) is 16.5 Å². The molecule has 0 aliphatic rings. The second-order valence-electron chi connectivity index (χ2n) is 8.04. The predicted molar refractivity (Wildman–Crippen MR) is 135 cm³/mol. The monoisotopic (exact) mass is 484 g/mol. The topological polar surface area (TPSA) is 76.3 Å². The van der Waals surface area contributed by atoms with Crippen molar-refractivity contribution in [1.29, 1.82) is 0 Å². The number of rotatable bonds is 6. The summed E-state index contributed by atoms with van der Waals surface area (Å²) in [6.07, 6.45) is 1.71. The van der Waals surface area contributed by atoms with Crippen LogP contribution in [-0.4, -0.2) is 23.9 Å². The summed E-state index contributed by atoms with van der Waals surface area (Å²) in [5.74, 6) is -0.315. The summed E-state index contributed by atoms with van der Waals surface area (Å²) in [7, 11) is -3.85. The average Bonchev–Trinajstić information content (AvgIpc) is 3.29. The first-order valence-electron chi connectivity index (χ1n) is 10.9. The summed E-state index contributed by atoms with van der Waals surface area (Å²) in [6, 6.07) is 27.6. The third-order valence-corrected chi connectivity index (χ3v) is 6.79. The van der Waals surface area contributed by atoms with Gasteiger partial charge in [0.15, 0.2) is 0 Å². The van der Waals surface area contributed by atoms with E-state index < -0.39 is 10.0 Å². The number of nitrogens with one attached hydrogen (secondary N) is 1. The van der Waals surface area contributed by atoms with Crippen LogP contribution in [0.2, 0.25) is 0 Å². The first kappa shape index (κ1) is 22.5. The lowest BCUT2D eigenvalue weighted by molar-refractivity contribution is 0.584. The maximum Gasteiger partial charge on any atom is 0.276 e. The van der Waals surface area contributed by atoms with Crippen molar-refractivity contribution >= 4 is 26.6 Å². The maximum atomic E-state index is 13.3. The van der Waals surface area contributed by atoms with Crippen molar-refractivity contribution in [1.82, 2.24) is 14.6 Å². The fraction of sp³-hybridized carbons (Fsp3) is 0.0370. The van der Waals surface area contributed by atoms with E-state index in [-0.39, 0.29) is 10.7 Å². The quantitative estimate of drug-likeness (QED) is 0.266. The fourth-order valence-corrected chi connectivity index (χ4v) is 4.55. The van der Waals surface area contributed by atoms with Gasteiger partial charge in [0.25, 0.3) is 10.0 Å². The Kier molecular flexibility index (Phi) is 5.88. The summed E-state index contributed by atoms with van der Waals surface area (Å²) in [6.45, 7) is 1.89. The van der Waals surface area contributed by atoms with Gasteiger partial charge in [-0.25, -0.2) is 9.07 Å². The van der Waals surface area contributed by atoms with Crippen molar-refractivity contribution < 1.29 is 12.8 Å². The van der Waals surface area contributed by atoms with E-state index in [0.717, 1.165) is 27.7 Å². The van der Waals surface area contributed by atoms with Crippen LogP contribution in [0.4, 0.5) is 4.39 Å². The highest BCUT2D eigenvalue weighted by Crippen LogP contribution is 2.22. The number of benzene rings is 4. The summed E-state index contributed by atoms with van der Waals surface area (Å²) in [5.41, 5.74) is 4.47. The van der Waals surface area contributed by atoms with E-state index in [2.05, 4.69) is 15.0 Å². The van der Waals surface area contributed by atoms with Gasteiger partial charge in [-0.3, -0.25) is 0 Å². The van der Waals surface area contributed by atoms with Crippen LogP contribution in [0.5, 0.6) is 0 Å². The molecule has 1 aromatic heterocycles. The zero-order chi connectivity index (χ0) is 24.4. The lowest BCUT2D eigenvalue weighted by atomic mass is 10.0. The van der Waals surface area contributed by atoms with Crippen molar-refractivity contribution in [2.24, 2.45) is 5.10 Å². The molecule has 0 aliphatic carbocycles. The van der Waals surface area contributed by atoms with Crippen molar-refractivity contribution in [3.8, 4) is 5.69 Å². The molecule has 1 heterocycles. The average molecular weight is 485 g/mol. The molecule has 8 heteroatoms. The normalized spacial score (nSPS) is 12.1. The molecule has 0 saturated heterocycles. The van der Waals surface area contributed by atoms with Gasteiger partial charge in [-0.05, 0) is 55.5 Å². The SMILES string of the molecule is Cc1ccc(S(=O)(=O)NN=C(c2ccccc2)c2ccc3c(cnn3-c3ccc(F)cc3)c2)cc1. The lowest BCUT2D eigenvalue weighted by Crippen LogP contribution is -2.21. The predicted octanol–water partition coefficient (Wildman–Crippen LogP) is 5.20. The molecule has 0 fully saturated rings. The Bertz CT molecular complexity index is 1630. The molecule has 5 aromatic rings. The smallest absolute Gasteiger partial charge is 0.233 e. The molecular formula is C27H21FN4O2S. The number of fused-ring (bicyclic) bond motifs is 1. The zero-order valence-electron chi connectivity index (χ0n) is 18.8. The zero-order valence-corrected chi connectivity index (χ0v) is 19.6. The Hall–Kier alpha value is -4.30. The van der Waals surface area contributed by atoms with E-state index in [1.54, 1.807) is 47.3 Å². The third-order valence-electron chi connectivity index (χ3n) is 5.57. The molecule has 0 saturated carbocycles. The van der Waals surface area contributed by atoms with Crippen molar-refractivity contribution in [2.45, 2.75) is 11.8 Å². The second kappa shape index (κ2) is 9.15. The Labute approximate surface area is 202 Å². The van der Waals surface area contributed by atoms with Gasteiger partial charge < -0.3 is 0 Å².